The molecule has 2 aromatic carbocycles. The lowest BCUT2D eigenvalue weighted by atomic mass is 10.0. The number of nitrogens with zero attached hydrogens (tertiary/aromatic N) is 3. The van der Waals surface area contributed by atoms with Crippen molar-refractivity contribution in [1.29, 1.82) is 5.26 Å². The third-order valence-electron chi connectivity index (χ3n) is 4.06. The topological polar surface area (TPSA) is 67.9 Å². The van der Waals surface area contributed by atoms with E-state index in [1.807, 2.05) is 68.4 Å². The van der Waals surface area contributed by atoms with E-state index in [2.05, 4.69) is 5.10 Å². The molecule has 1 heterocycles. The minimum absolute atomic E-state index is 0.336. The van der Waals surface area contributed by atoms with Crippen molar-refractivity contribution < 1.29 is 9.53 Å². The standard InChI is InChI=1S/C21H19N3O2/c1-14-9-10-18(15(2)11-14)20-19(21(25)26-16(3)12-22)13-24(23-20)17-7-5-4-6-8-17/h4-11,13,16H,1-3H3/t16-/m1/s1. The summed E-state index contributed by atoms with van der Waals surface area (Å²) in [6.07, 6.45) is 0.825. The van der Waals surface area contributed by atoms with Gasteiger partial charge in [-0.05, 0) is 38.5 Å². The van der Waals surface area contributed by atoms with Crippen LogP contribution in [0.15, 0.2) is 54.7 Å². The van der Waals surface area contributed by atoms with Crippen LogP contribution in [-0.2, 0) is 4.74 Å². The SMILES string of the molecule is Cc1ccc(-c2nn(-c3ccccc3)cc2C(=O)O[C@H](C)C#N)c(C)c1. The molecule has 5 heteroatoms. The molecule has 130 valence electrons. The van der Waals surface area contributed by atoms with Crippen molar-refractivity contribution in [3.63, 3.8) is 0 Å². The van der Waals surface area contributed by atoms with E-state index in [0.29, 0.717) is 11.3 Å². The molecule has 0 amide bonds. The van der Waals surface area contributed by atoms with E-state index in [1.54, 1.807) is 10.9 Å². The van der Waals surface area contributed by atoms with Gasteiger partial charge in [-0.15, -0.1) is 0 Å². The maximum absolute atomic E-state index is 12.6. The van der Waals surface area contributed by atoms with Gasteiger partial charge in [-0.1, -0.05) is 42.0 Å². The number of hydrogen-bond donors (Lipinski definition) is 0. The van der Waals surface area contributed by atoms with Crippen molar-refractivity contribution in [1.82, 2.24) is 9.78 Å². The smallest absolute Gasteiger partial charge is 0.343 e. The van der Waals surface area contributed by atoms with Crippen LogP contribution in [0, 0.1) is 25.2 Å². The van der Waals surface area contributed by atoms with E-state index in [1.165, 1.54) is 6.92 Å². The second-order valence-electron chi connectivity index (χ2n) is 6.17. The monoisotopic (exact) mass is 345 g/mol. The van der Waals surface area contributed by atoms with Crippen molar-refractivity contribution in [2.75, 3.05) is 0 Å². The molecule has 0 aliphatic heterocycles. The van der Waals surface area contributed by atoms with Gasteiger partial charge in [-0.3, -0.25) is 0 Å². The fourth-order valence-corrected chi connectivity index (χ4v) is 2.76. The van der Waals surface area contributed by atoms with Crippen LogP contribution < -0.4 is 0 Å². The highest BCUT2D eigenvalue weighted by molar-refractivity contribution is 5.96. The molecule has 0 spiro atoms. The molecule has 0 N–H and O–H groups in total. The van der Waals surface area contributed by atoms with Gasteiger partial charge >= 0.3 is 5.97 Å². The van der Waals surface area contributed by atoms with E-state index in [4.69, 9.17) is 10.00 Å². The van der Waals surface area contributed by atoms with Gasteiger partial charge in [0, 0.05) is 11.8 Å². The first-order valence-corrected chi connectivity index (χ1v) is 8.33. The summed E-state index contributed by atoms with van der Waals surface area (Å²) < 4.78 is 6.86. The third kappa shape index (κ3) is 3.50. The van der Waals surface area contributed by atoms with Gasteiger partial charge < -0.3 is 4.74 Å². The molecule has 0 unspecified atom stereocenters. The normalized spacial score (nSPS) is 11.6. The lowest BCUT2D eigenvalue weighted by Gasteiger charge is -2.08. The minimum atomic E-state index is -0.824. The average Bonchev–Trinajstić information content (AvgIpc) is 3.07. The Kier molecular flexibility index (Phi) is 4.85. The third-order valence-corrected chi connectivity index (χ3v) is 4.06. The second kappa shape index (κ2) is 7.24. The fraction of sp³-hybridized carbons (Fsp3) is 0.190. The van der Waals surface area contributed by atoms with E-state index >= 15 is 0 Å². The molecule has 3 aromatic rings. The number of hydrogen-bond acceptors (Lipinski definition) is 4. The molecule has 0 saturated carbocycles. The van der Waals surface area contributed by atoms with Crippen LogP contribution in [0.5, 0.6) is 0 Å². The first kappa shape index (κ1) is 17.4. The van der Waals surface area contributed by atoms with Crippen molar-refractivity contribution in [2.45, 2.75) is 26.9 Å². The van der Waals surface area contributed by atoms with Gasteiger partial charge in [-0.25, -0.2) is 9.48 Å². The molecule has 0 radical (unpaired) electrons. The molecule has 3 rings (SSSR count). The van der Waals surface area contributed by atoms with Crippen molar-refractivity contribution in [3.05, 3.63) is 71.4 Å². The Morgan fingerprint density at radius 1 is 1.19 bits per heavy atom. The summed E-state index contributed by atoms with van der Waals surface area (Å²) in [6, 6.07) is 17.4. The highest BCUT2D eigenvalue weighted by Gasteiger charge is 2.22. The van der Waals surface area contributed by atoms with Crippen molar-refractivity contribution >= 4 is 5.97 Å². The quantitative estimate of drug-likeness (QED) is 0.664. The summed E-state index contributed by atoms with van der Waals surface area (Å²) in [5.74, 6) is -0.559. The van der Waals surface area contributed by atoms with E-state index in [0.717, 1.165) is 22.4 Å². The largest absolute Gasteiger partial charge is 0.444 e. The number of nitriles is 1. The molecule has 1 atom stereocenters. The zero-order chi connectivity index (χ0) is 18.7. The Morgan fingerprint density at radius 3 is 2.58 bits per heavy atom. The summed E-state index contributed by atoms with van der Waals surface area (Å²) in [4.78, 5) is 12.6. The molecular formula is C21H19N3O2. The Labute approximate surface area is 152 Å². The lowest BCUT2D eigenvalue weighted by molar-refractivity contribution is 0.0436. The van der Waals surface area contributed by atoms with Gasteiger partial charge in [0.25, 0.3) is 0 Å². The number of rotatable bonds is 4. The summed E-state index contributed by atoms with van der Waals surface area (Å²) in [5, 5.41) is 13.6. The Bertz CT molecular complexity index is 984. The Balaban J connectivity index is 2.13. The number of ether oxygens (including phenoxy) is 1. The van der Waals surface area contributed by atoms with Gasteiger partial charge in [0.15, 0.2) is 6.10 Å². The molecule has 0 aliphatic rings. The molecule has 5 nitrogen and oxygen atoms in total. The average molecular weight is 345 g/mol. The molecule has 0 aliphatic carbocycles. The lowest BCUT2D eigenvalue weighted by Crippen LogP contribution is -2.13. The summed E-state index contributed by atoms with van der Waals surface area (Å²) >= 11 is 0. The molecular weight excluding hydrogens is 326 g/mol. The van der Waals surface area contributed by atoms with Crippen LogP contribution in [0.4, 0.5) is 0 Å². The fourth-order valence-electron chi connectivity index (χ4n) is 2.76. The Hall–Kier alpha value is -3.39. The van der Waals surface area contributed by atoms with Crippen LogP contribution in [0.2, 0.25) is 0 Å². The highest BCUT2D eigenvalue weighted by atomic mass is 16.5. The highest BCUT2D eigenvalue weighted by Crippen LogP contribution is 2.28. The minimum Gasteiger partial charge on any atom is -0.444 e. The maximum Gasteiger partial charge on any atom is 0.343 e. The van der Waals surface area contributed by atoms with Crippen LogP contribution in [0.1, 0.15) is 28.4 Å². The molecule has 1 aromatic heterocycles. The van der Waals surface area contributed by atoms with Crippen LogP contribution in [0.3, 0.4) is 0 Å². The predicted molar refractivity (Wildman–Crippen MR) is 99.0 cm³/mol. The van der Waals surface area contributed by atoms with E-state index in [9.17, 15) is 4.79 Å². The number of esters is 1. The molecule has 0 fully saturated rings. The number of benzene rings is 2. The predicted octanol–water partition coefficient (Wildman–Crippen LogP) is 4.23. The first-order valence-electron chi connectivity index (χ1n) is 8.33. The number of para-hydroxylation sites is 1. The number of aromatic nitrogens is 2. The zero-order valence-corrected chi connectivity index (χ0v) is 14.9. The number of aryl methyl sites for hydroxylation is 2. The van der Waals surface area contributed by atoms with Crippen LogP contribution in [0.25, 0.3) is 16.9 Å². The number of carbonyl (C=O) groups excluding carboxylic acids is 1. The van der Waals surface area contributed by atoms with Gasteiger partial charge in [-0.2, -0.15) is 10.4 Å². The zero-order valence-electron chi connectivity index (χ0n) is 14.9. The molecule has 26 heavy (non-hydrogen) atoms. The van der Waals surface area contributed by atoms with Crippen LogP contribution in [-0.4, -0.2) is 21.9 Å². The first-order chi connectivity index (χ1) is 12.5. The van der Waals surface area contributed by atoms with Crippen LogP contribution >= 0.6 is 0 Å². The van der Waals surface area contributed by atoms with E-state index < -0.39 is 12.1 Å². The summed E-state index contributed by atoms with van der Waals surface area (Å²) in [5.41, 5.74) is 4.74. The molecule has 0 bridgehead atoms. The van der Waals surface area contributed by atoms with Crippen molar-refractivity contribution in [3.8, 4) is 23.0 Å². The van der Waals surface area contributed by atoms with Gasteiger partial charge in [0.1, 0.15) is 17.3 Å². The van der Waals surface area contributed by atoms with Crippen molar-refractivity contribution in [2.24, 2.45) is 0 Å². The maximum atomic E-state index is 12.6. The molecule has 0 saturated heterocycles. The van der Waals surface area contributed by atoms with E-state index in [-0.39, 0.29) is 0 Å². The second-order valence-corrected chi connectivity index (χ2v) is 6.17. The van der Waals surface area contributed by atoms with Gasteiger partial charge in [0.05, 0.1) is 5.69 Å². The summed E-state index contributed by atoms with van der Waals surface area (Å²) in [6.45, 7) is 5.54. The number of carbonyl (C=O) groups is 1. The Morgan fingerprint density at radius 2 is 1.92 bits per heavy atom. The van der Waals surface area contributed by atoms with Gasteiger partial charge in [0.2, 0.25) is 0 Å². The summed E-state index contributed by atoms with van der Waals surface area (Å²) in [7, 11) is 0.